The molecule has 0 saturated carbocycles. The molecule has 3 rings (SSSR count). The van der Waals surface area contributed by atoms with Crippen molar-refractivity contribution in [1.82, 2.24) is 5.43 Å². The van der Waals surface area contributed by atoms with Gasteiger partial charge in [-0.1, -0.05) is 28.1 Å². The van der Waals surface area contributed by atoms with Crippen LogP contribution in [0.4, 0.5) is 5.69 Å². The van der Waals surface area contributed by atoms with E-state index in [1.807, 2.05) is 36.4 Å². The van der Waals surface area contributed by atoms with E-state index in [0.29, 0.717) is 5.69 Å². The summed E-state index contributed by atoms with van der Waals surface area (Å²) in [4.78, 5) is 24.5. The van der Waals surface area contributed by atoms with Gasteiger partial charge in [0.15, 0.2) is 0 Å². The number of hydrogen-bond donors (Lipinski definition) is 1. The summed E-state index contributed by atoms with van der Waals surface area (Å²) in [7, 11) is 0. The fourth-order valence-corrected chi connectivity index (χ4v) is 2.92. The zero-order valence-electron chi connectivity index (χ0n) is 11.2. The maximum atomic E-state index is 12.5. The lowest BCUT2D eigenvalue weighted by molar-refractivity contribution is -0.117. The molecule has 1 aliphatic rings. The number of anilines is 1. The minimum absolute atomic E-state index is 0.130. The van der Waals surface area contributed by atoms with Gasteiger partial charge in [0, 0.05) is 8.04 Å². The highest BCUT2D eigenvalue weighted by atomic mass is 127. The Morgan fingerprint density at radius 1 is 1.09 bits per heavy atom. The molecule has 0 aliphatic carbocycles. The lowest BCUT2D eigenvalue weighted by Crippen LogP contribution is -2.35. The summed E-state index contributed by atoms with van der Waals surface area (Å²) in [5.74, 6) is -0.752. The number of carbonyl (C=O) groups excluding carboxylic acids is 2. The second-order valence-corrected chi connectivity index (χ2v) is 6.83. The van der Waals surface area contributed by atoms with Crippen molar-refractivity contribution in [2.75, 3.05) is 5.01 Å². The zero-order valence-corrected chi connectivity index (χ0v) is 15.0. The molecule has 1 aliphatic heterocycles. The number of nitrogens with one attached hydrogen (secondary N) is 1. The Kier molecular flexibility index (Phi) is 4.30. The number of rotatable bonds is 2. The maximum Gasteiger partial charge on any atom is 0.282 e. The third-order valence-electron chi connectivity index (χ3n) is 3.14. The number of carbonyl (C=O) groups is 2. The fraction of sp³-hybridized carbons (Fsp3) is 0. The Morgan fingerprint density at radius 2 is 1.82 bits per heavy atom. The van der Waals surface area contributed by atoms with Crippen molar-refractivity contribution >= 4 is 62.1 Å². The van der Waals surface area contributed by atoms with Crippen LogP contribution in [0.5, 0.6) is 0 Å². The van der Waals surface area contributed by atoms with Gasteiger partial charge >= 0.3 is 0 Å². The number of hydrazine groups is 1. The molecule has 2 aromatic carbocycles. The van der Waals surface area contributed by atoms with Gasteiger partial charge in [0.2, 0.25) is 0 Å². The topological polar surface area (TPSA) is 49.4 Å². The first-order chi connectivity index (χ1) is 10.5. The van der Waals surface area contributed by atoms with Crippen LogP contribution < -0.4 is 10.4 Å². The van der Waals surface area contributed by atoms with Gasteiger partial charge in [0.25, 0.3) is 11.8 Å². The first-order valence-corrected chi connectivity index (χ1v) is 8.30. The van der Waals surface area contributed by atoms with E-state index < -0.39 is 5.91 Å². The average Bonchev–Trinajstić information content (AvgIpc) is 2.76. The number of nitrogens with zero attached hydrogens (tertiary/aromatic N) is 1. The highest BCUT2D eigenvalue weighted by Crippen LogP contribution is 2.23. The molecular formula is C16H10BrIN2O2. The molecule has 1 saturated heterocycles. The molecule has 0 unspecified atom stereocenters. The van der Waals surface area contributed by atoms with Gasteiger partial charge in [-0.2, -0.15) is 0 Å². The molecule has 1 N–H and O–H groups in total. The van der Waals surface area contributed by atoms with Crippen LogP contribution in [-0.2, 0) is 9.59 Å². The van der Waals surface area contributed by atoms with E-state index in [1.54, 1.807) is 18.2 Å². The van der Waals surface area contributed by atoms with Gasteiger partial charge in [0.05, 0.1) is 5.69 Å². The minimum atomic E-state index is -0.397. The van der Waals surface area contributed by atoms with Gasteiger partial charge in [-0.05, 0) is 70.6 Å². The fourth-order valence-electron chi connectivity index (χ4n) is 2.09. The molecule has 2 amide bonds. The lowest BCUT2D eigenvalue weighted by atomic mass is 10.1. The minimum Gasteiger partial charge on any atom is -0.267 e. The molecule has 0 spiro atoms. The van der Waals surface area contributed by atoms with Crippen LogP contribution in [0.25, 0.3) is 6.08 Å². The summed E-state index contributed by atoms with van der Waals surface area (Å²) in [6.45, 7) is 0. The van der Waals surface area contributed by atoms with Crippen molar-refractivity contribution in [1.29, 1.82) is 0 Å². The summed E-state index contributed by atoms with van der Waals surface area (Å²) in [5.41, 5.74) is 4.15. The number of halogens is 2. The van der Waals surface area contributed by atoms with Gasteiger partial charge in [0.1, 0.15) is 5.57 Å². The van der Waals surface area contributed by atoms with E-state index in [4.69, 9.17) is 0 Å². The van der Waals surface area contributed by atoms with Crippen LogP contribution in [-0.4, -0.2) is 11.8 Å². The summed E-state index contributed by atoms with van der Waals surface area (Å²) in [6, 6.07) is 14.8. The van der Waals surface area contributed by atoms with Crippen LogP contribution in [0.3, 0.4) is 0 Å². The second-order valence-electron chi connectivity index (χ2n) is 4.67. The van der Waals surface area contributed by atoms with E-state index in [2.05, 4.69) is 43.9 Å². The van der Waals surface area contributed by atoms with Gasteiger partial charge < -0.3 is 0 Å². The molecule has 1 heterocycles. The monoisotopic (exact) mass is 468 g/mol. The predicted molar refractivity (Wildman–Crippen MR) is 96.9 cm³/mol. The Balaban J connectivity index is 1.93. The van der Waals surface area contributed by atoms with Crippen LogP contribution in [0, 0.1) is 3.57 Å². The van der Waals surface area contributed by atoms with Crippen molar-refractivity contribution < 1.29 is 9.59 Å². The van der Waals surface area contributed by atoms with Crippen molar-refractivity contribution in [2.45, 2.75) is 0 Å². The second kappa shape index (κ2) is 6.21. The highest BCUT2D eigenvalue weighted by Gasteiger charge is 2.34. The van der Waals surface area contributed by atoms with Crippen LogP contribution >= 0.6 is 38.5 Å². The Bertz CT molecular complexity index is 787. The Labute approximate surface area is 149 Å². The molecule has 2 aromatic rings. The molecule has 0 atom stereocenters. The summed E-state index contributed by atoms with van der Waals surface area (Å²) < 4.78 is 1.95. The average molecular weight is 469 g/mol. The molecule has 110 valence electrons. The zero-order chi connectivity index (χ0) is 15.7. The molecule has 22 heavy (non-hydrogen) atoms. The predicted octanol–water partition coefficient (Wildman–Crippen LogP) is 3.52. The maximum absolute atomic E-state index is 12.5. The van der Waals surface area contributed by atoms with Crippen molar-refractivity contribution in [3.63, 3.8) is 0 Å². The third kappa shape index (κ3) is 3.07. The van der Waals surface area contributed by atoms with Gasteiger partial charge in [-0.25, -0.2) is 5.01 Å². The smallest absolute Gasteiger partial charge is 0.267 e. The normalized spacial score (nSPS) is 16.3. The number of hydrogen-bond acceptors (Lipinski definition) is 2. The SMILES string of the molecule is O=C1NN(c2ccc(Br)cc2)C(=O)C1=Cc1cccc(I)c1. The van der Waals surface area contributed by atoms with E-state index >= 15 is 0 Å². The largest absolute Gasteiger partial charge is 0.282 e. The van der Waals surface area contributed by atoms with Crippen molar-refractivity contribution in [3.05, 3.63) is 67.7 Å². The molecule has 1 fully saturated rings. The van der Waals surface area contributed by atoms with E-state index in [-0.39, 0.29) is 11.5 Å². The van der Waals surface area contributed by atoms with Crippen molar-refractivity contribution in [2.24, 2.45) is 0 Å². The molecule has 0 bridgehead atoms. The first-order valence-electron chi connectivity index (χ1n) is 6.43. The quantitative estimate of drug-likeness (QED) is 0.416. The van der Waals surface area contributed by atoms with E-state index in [1.165, 1.54) is 5.01 Å². The molecular weight excluding hydrogens is 459 g/mol. The Hall–Kier alpha value is -1.67. The van der Waals surface area contributed by atoms with Crippen molar-refractivity contribution in [3.8, 4) is 0 Å². The molecule has 6 heteroatoms. The third-order valence-corrected chi connectivity index (χ3v) is 4.34. The van der Waals surface area contributed by atoms with Gasteiger partial charge in [-0.15, -0.1) is 0 Å². The number of amides is 2. The Morgan fingerprint density at radius 3 is 2.50 bits per heavy atom. The molecule has 0 aromatic heterocycles. The van der Waals surface area contributed by atoms with Crippen LogP contribution in [0.2, 0.25) is 0 Å². The van der Waals surface area contributed by atoms with Gasteiger partial charge in [-0.3, -0.25) is 15.0 Å². The summed E-state index contributed by atoms with van der Waals surface area (Å²) in [5, 5.41) is 1.26. The number of benzene rings is 2. The first kappa shape index (κ1) is 15.2. The van der Waals surface area contributed by atoms with Crippen LogP contribution in [0.15, 0.2) is 58.6 Å². The van der Waals surface area contributed by atoms with E-state index in [9.17, 15) is 9.59 Å². The molecule has 4 nitrogen and oxygen atoms in total. The highest BCUT2D eigenvalue weighted by molar-refractivity contribution is 14.1. The standard InChI is InChI=1S/C16H10BrIN2O2/c17-11-4-6-13(7-5-11)20-16(22)14(15(21)19-20)9-10-2-1-3-12(18)8-10/h1-9H,(H,19,21). The summed E-state index contributed by atoms with van der Waals surface area (Å²) in [6.07, 6.45) is 1.61. The summed E-state index contributed by atoms with van der Waals surface area (Å²) >= 11 is 5.53. The van der Waals surface area contributed by atoms with Crippen LogP contribution in [0.1, 0.15) is 5.56 Å². The molecule has 0 radical (unpaired) electrons. The lowest BCUT2D eigenvalue weighted by Gasteiger charge is -2.14. The van der Waals surface area contributed by atoms with E-state index in [0.717, 1.165) is 13.6 Å².